The van der Waals surface area contributed by atoms with E-state index in [2.05, 4.69) is 0 Å². The van der Waals surface area contributed by atoms with E-state index >= 15 is 0 Å². The van der Waals surface area contributed by atoms with Crippen LogP contribution < -0.4 is 0 Å². The Balaban J connectivity index is 1.82. The van der Waals surface area contributed by atoms with Crippen LogP contribution in [-0.2, 0) is 16.1 Å². The van der Waals surface area contributed by atoms with Crippen molar-refractivity contribution >= 4 is 5.91 Å². The summed E-state index contributed by atoms with van der Waals surface area (Å²) in [6.45, 7) is 3.72. The number of nitrogens with zero attached hydrogens (tertiary/aromatic N) is 1. The lowest BCUT2D eigenvalue weighted by Gasteiger charge is -2.35. The molecule has 1 N–H and O–H groups in total. The molecule has 4 nitrogen and oxygen atoms in total. The minimum atomic E-state index is 0.00477. The number of rotatable bonds is 8. The van der Waals surface area contributed by atoms with E-state index in [1.54, 1.807) is 4.90 Å². The number of amides is 1. The third-order valence-electron chi connectivity index (χ3n) is 4.00. The van der Waals surface area contributed by atoms with Crippen molar-refractivity contribution in [1.29, 1.82) is 0 Å². The van der Waals surface area contributed by atoms with Gasteiger partial charge in [-0.05, 0) is 31.2 Å². The first-order chi connectivity index (χ1) is 10.2. The van der Waals surface area contributed by atoms with Crippen LogP contribution in [0.25, 0.3) is 0 Å². The molecule has 1 aromatic rings. The minimum absolute atomic E-state index is 0.00477. The Morgan fingerprint density at radius 2 is 2.05 bits per heavy atom. The standard InChI is InChI=1S/C17H25NO3/c1-2-21-16-10-15(11-16)12-17(20)18(8-9-19)13-14-6-4-3-5-7-14/h3-7,15-16,19H,2,8-13H2,1H3. The largest absolute Gasteiger partial charge is 0.395 e. The SMILES string of the molecule is CCOC1CC(CC(=O)N(CCO)Cc2ccccc2)C1. The summed E-state index contributed by atoms with van der Waals surface area (Å²) >= 11 is 0. The maximum Gasteiger partial charge on any atom is 0.223 e. The Labute approximate surface area is 126 Å². The number of aliphatic hydroxyl groups excluding tert-OH is 1. The lowest BCUT2D eigenvalue weighted by atomic mass is 9.79. The van der Waals surface area contributed by atoms with Gasteiger partial charge in [-0.3, -0.25) is 4.79 Å². The third kappa shape index (κ3) is 4.83. The second-order valence-electron chi connectivity index (χ2n) is 5.64. The predicted molar refractivity (Wildman–Crippen MR) is 81.7 cm³/mol. The Kier molecular flexibility index (Phi) is 6.21. The fourth-order valence-corrected chi connectivity index (χ4v) is 2.81. The fourth-order valence-electron chi connectivity index (χ4n) is 2.81. The zero-order valence-corrected chi connectivity index (χ0v) is 12.7. The molecule has 1 aromatic carbocycles. The van der Waals surface area contributed by atoms with Crippen molar-refractivity contribution in [2.75, 3.05) is 19.8 Å². The molecule has 1 aliphatic rings. The smallest absolute Gasteiger partial charge is 0.223 e. The molecule has 1 amide bonds. The van der Waals surface area contributed by atoms with Crippen molar-refractivity contribution in [3.8, 4) is 0 Å². The van der Waals surface area contributed by atoms with E-state index in [-0.39, 0.29) is 12.5 Å². The lowest BCUT2D eigenvalue weighted by molar-refractivity contribution is -0.135. The first-order valence-electron chi connectivity index (χ1n) is 7.77. The number of benzene rings is 1. The molecule has 21 heavy (non-hydrogen) atoms. The van der Waals surface area contributed by atoms with Gasteiger partial charge in [0.25, 0.3) is 0 Å². The first kappa shape index (κ1) is 16.0. The predicted octanol–water partition coefficient (Wildman–Crippen LogP) is 2.21. The zero-order valence-electron chi connectivity index (χ0n) is 12.7. The third-order valence-corrected chi connectivity index (χ3v) is 4.00. The summed E-state index contributed by atoms with van der Waals surface area (Å²) in [5.74, 6) is 0.568. The molecule has 1 fully saturated rings. The van der Waals surface area contributed by atoms with Crippen molar-refractivity contribution in [2.45, 2.75) is 38.8 Å². The fraction of sp³-hybridized carbons (Fsp3) is 0.588. The molecule has 1 aliphatic carbocycles. The van der Waals surface area contributed by atoms with Gasteiger partial charge in [-0.1, -0.05) is 30.3 Å². The molecule has 0 atom stereocenters. The van der Waals surface area contributed by atoms with Gasteiger partial charge in [0.1, 0.15) is 0 Å². The van der Waals surface area contributed by atoms with E-state index in [1.165, 1.54) is 0 Å². The lowest BCUT2D eigenvalue weighted by Crippen LogP contribution is -2.38. The number of ether oxygens (including phenoxy) is 1. The number of hydrogen-bond acceptors (Lipinski definition) is 3. The number of hydrogen-bond donors (Lipinski definition) is 1. The zero-order chi connectivity index (χ0) is 15.1. The van der Waals surface area contributed by atoms with Gasteiger partial charge in [0.2, 0.25) is 5.91 Å². The summed E-state index contributed by atoms with van der Waals surface area (Å²) in [5, 5.41) is 9.17. The molecule has 0 heterocycles. The van der Waals surface area contributed by atoms with Crippen molar-refractivity contribution in [2.24, 2.45) is 5.92 Å². The highest BCUT2D eigenvalue weighted by molar-refractivity contribution is 5.76. The molecule has 0 unspecified atom stereocenters. The van der Waals surface area contributed by atoms with Gasteiger partial charge in [-0.25, -0.2) is 0 Å². The molecule has 0 saturated heterocycles. The van der Waals surface area contributed by atoms with Crippen molar-refractivity contribution in [3.63, 3.8) is 0 Å². The van der Waals surface area contributed by atoms with Crippen LogP contribution >= 0.6 is 0 Å². The van der Waals surface area contributed by atoms with Gasteiger partial charge >= 0.3 is 0 Å². The van der Waals surface area contributed by atoms with E-state index in [0.29, 0.717) is 31.5 Å². The first-order valence-corrected chi connectivity index (χ1v) is 7.77. The van der Waals surface area contributed by atoms with Crippen LogP contribution in [0.3, 0.4) is 0 Å². The quantitative estimate of drug-likeness (QED) is 0.799. The van der Waals surface area contributed by atoms with Crippen LogP contribution in [-0.4, -0.2) is 41.8 Å². The summed E-state index contributed by atoms with van der Waals surface area (Å²) in [4.78, 5) is 14.1. The maximum atomic E-state index is 12.4. The molecule has 116 valence electrons. The van der Waals surface area contributed by atoms with Crippen LogP contribution in [0.4, 0.5) is 0 Å². The van der Waals surface area contributed by atoms with Crippen LogP contribution in [0.15, 0.2) is 30.3 Å². The maximum absolute atomic E-state index is 12.4. The van der Waals surface area contributed by atoms with Gasteiger partial charge < -0.3 is 14.7 Å². The summed E-state index contributed by atoms with van der Waals surface area (Å²) in [6, 6.07) is 9.91. The second kappa shape index (κ2) is 8.15. The van der Waals surface area contributed by atoms with Crippen molar-refractivity contribution in [1.82, 2.24) is 4.90 Å². The Morgan fingerprint density at radius 3 is 2.67 bits per heavy atom. The number of aliphatic hydroxyl groups is 1. The van der Waals surface area contributed by atoms with Gasteiger partial charge in [0.05, 0.1) is 12.7 Å². The average molecular weight is 291 g/mol. The Hall–Kier alpha value is -1.39. The molecule has 4 heteroatoms. The topological polar surface area (TPSA) is 49.8 Å². The van der Waals surface area contributed by atoms with E-state index in [9.17, 15) is 4.79 Å². The van der Waals surface area contributed by atoms with Crippen LogP contribution in [0.2, 0.25) is 0 Å². The molecule has 0 spiro atoms. The van der Waals surface area contributed by atoms with Gasteiger partial charge in [0, 0.05) is 26.1 Å². The molecule has 0 aliphatic heterocycles. The van der Waals surface area contributed by atoms with E-state index < -0.39 is 0 Å². The highest BCUT2D eigenvalue weighted by Crippen LogP contribution is 2.33. The van der Waals surface area contributed by atoms with E-state index in [4.69, 9.17) is 9.84 Å². The van der Waals surface area contributed by atoms with Gasteiger partial charge in [-0.2, -0.15) is 0 Å². The second-order valence-corrected chi connectivity index (χ2v) is 5.64. The summed E-state index contributed by atoms with van der Waals surface area (Å²) in [5.41, 5.74) is 1.10. The summed E-state index contributed by atoms with van der Waals surface area (Å²) in [6.07, 6.45) is 2.87. The molecule has 0 aromatic heterocycles. The van der Waals surface area contributed by atoms with Crippen molar-refractivity contribution in [3.05, 3.63) is 35.9 Å². The molecule has 0 radical (unpaired) electrons. The monoisotopic (exact) mass is 291 g/mol. The Morgan fingerprint density at radius 1 is 1.33 bits per heavy atom. The molecular weight excluding hydrogens is 266 g/mol. The molecule has 2 rings (SSSR count). The number of carbonyl (C=O) groups is 1. The summed E-state index contributed by atoms with van der Waals surface area (Å²) in [7, 11) is 0. The minimum Gasteiger partial charge on any atom is -0.395 e. The number of carbonyl (C=O) groups excluding carboxylic acids is 1. The Bertz CT molecular complexity index is 429. The normalized spacial score (nSPS) is 20.9. The highest BCUT2D eigenvalue weighted by atomic mass is 16.5. The van der Waals surface area contributed by atoms with E-state index in [1.807, 2.05) is 37.3 Å². The van der Waals surface area contributed by atoms with Crippen LogP contribution in [0.5, 0.6) is 0 Å². The molecule has 1 saturated carbocycles. The molecule has 0 bridgehead atoms. The highest BCUT2D eigenvalue weighted by Gasteiger charge is 2.32. The van der Waals surface area contributed by atoms with Gasteiger partial charge in [0.15, 0.2) is 0 Å². The van der Waals surface area contributed by atoms with E-state index in [0.717, 1.165) is 25.0 Å². The van der Waals surface area contributed by atoms with Crippen molar-refractivity contribution < 1.29 is 14.6 Å². The average Bonchev–Trinajstić information content (AvgIpc) is 2.45. The van der Waals surface area contributed by atoms with Crippen LogP contribution in [0, 0.1) is 5.92 Å². The molecular formula is C17H25NO3. The summed E-state index contributed by atoms with van der Waals surface area (Å²) < 4.78 is 5.53. The van der Waals surface area contributed by atoms with Gasteiger partial charge in [-0.15, -0.1) is 0 Å². The van der Waals surface area contributed by atoms with Crippen LogP contribution in [0.1, 0.15) is 31.7 Å².